The Morgan fingerprint density at radius 3 is 2.41 bits per heavy atom. The molecule has 2 aromatic carbocycles. The van der Waals surface area contributed by atoms with Gasteiger partial charge in [-0.05, 0) is 42.0 Å². The maximum Gasteiger partial charge on any atom is 0.238 e. The molecule has 2 heterocycles. The second-order valence-corrected chi connectivity index (χ2v) is 6.93. The predicted molar refractivity (Wildman–Crippen MR) is 113 cm³/mol. The van der Waals surface area contributed by atoms with Crippen molar-refractivity contribution in [3.05, 3.63) is 84.3 Å². The molecule has 1 aromatic heterocycles. The zero-order chi connectivity index (χ0) is 19.9. The minimum Gasteiger partial charge on any atom is -0.467 e. The van der Waals surface area contributed by atoms with Gasteiger partial charge in [-0.2, -0.15) is 0 Å². The van der Waals surface area contributed by atoms with E-state index < -0.39 is 0 Å². The number of ether oxygens (including phenoxy) is 1. The van der Waals surface area contributed by atoms with Gasteiger partial charge in [0.15, 0.2) is 0 Å². The van der Waals surface area contributed by atoms with Crippen LogP contribution in [0.3, 0.4) is 0 Å². The molecule has 0 unspecified atom stereocenters. The Kier molecular flexibility index (Phi) is 6.24. The van der Waals surface area contributed by atoms with E-state index in [2.05, 4.69) is 15.5 Å². The highest BCUT2D eigenvalue weighted by Crippen LogP contribution is 2.22. The molecule has 0 spiro atoms. The molecule has 1 atom stereocenters. The first kappa shape index (κ1) is 19.2. The zero-order valence-electron chi connectivity index (χ0n) is 16.2. The summed E-state index contributed by atoms with van der Waals surface area (Å²) in [4.78, 5) is 14.8. The SMILES string of the molecule is O=C(CN[C@H](c1ccccc1)c1ccco1)Nc1ccc(N2CCOCC2)cc1. The Labute approximate surface area is 170 Å². The fraction of sp³-hybridized carbons (Fsp3) is 0.261. The Morgan fingerprint density at radius 2 is 1.72 bits per heavy atom. The lowest BCUT2D eigenvalue weighted by atomic mass is 10.0. The summed E-state index contributed by atoms with van der Waals surface area (Å²) in [6.07, 6.45) is 1.64. The van der Waals surface area contributed by atoms with Crippen molar-refractivity contribution in [2.24, 2.45) is 0 Å². The van der Waals surface area contributed by atoms with E-state index in [9.17, 15) is 4.79 Å². The van der Waals surface area contributed by atoms with E-state index in [1.54, 1.807) is 6.26 Å². The van der Waals surface area contributed by atoms with Crippen LogP contribution in [0, 0.1) is 0 Å². The van der Waals surface area contributed by atoms with E-state index in [4.69, 9.17) is 9.15 Å². The molecule has 0 saturated carbocycles. The summed E-state index contributed by atoms with van der Waals surface area (Å²) < 4.78 is 11.0. The summed E-state index contributed by atoms with van der Waals surface area (Å²) in [6, 6.07) is 21.5. The van der Waals surface area contributed by atoms with Gasteiger partial charge in [0, 0.05) is 24.5 Å². The molecule has 150 valence electrons. The molecule has 1 saturated heterocycles. The molecule has 0 bridgehead atoms. The monoisotopic (exact) mass is 391 g/mol. The highest BCUT2D eigenvalue weighted by molar-refractivity contribution is 5.92. The van der Waals surface area contributed by atoms with Crippen molar-refractivity contribution < 1.29 is 13.9 Å². The maximum atomic E-state index is 12.5. The van der Waals surface area contributed by atoms with Crippen LogP contribution >= 0.6 is 0 Å². The van der Waals surface area contributed by atoms with Gasteiger partial charge in [-0.15, -0.1) is 0 Å². The molecule has 3 aromatic rings. The molecule has 1 aliphatic rings. The average Bonchev–Trinajstić information content (AvgIpc) is 3.30. The predicted octanol–water partition coefficient (Wildman–Crippen LogP) is 3.43. The first-order valence-corrected chi connectivity index (χ1v) is 9.84. The van der Waals surface area contributed by atoms with Crippen molar-refractivity contribution in [1.29, 1.82) is 0 Å². The van der Waals surface area contributed by atoms with Gasteiger partial charge in [0.25, 0.3) is 0 Å². The number of nitrogens with zero attached hydrogens (tertiary/aromatic N) is 1. The number of anilines is 2. The minimum atomic E-state index is -0.180. The van der Waals surface area contributed by atoms with Gasteiger partial charge >= 0.3 is 0 Å². The summed E-state index contributed by atoms with van der Waals surface area (Å²) in [7, 11) is 0. The summed E-state index contributed by atoms with van der Waals surface area (Å²) in [5.74, 6) is 0.676. The number of hydrogen-bond donors (Lipinski definition) is 2. The lowest BCUT2D eigenvalue weighted by Gasteiger charge is -2.28. The van der Waals surface area contributed by atoms with Gasteiger partial charge in [0.05, 0.1) is 32.1 Å². The van der Waals surface area contributed by atoms with Gasteiger partial charge < -0.3 is 19.4 Å². The molecule has 6 heteroatoms. The quantitative estimate of drug-likeness (QED) is 0.646. The number of amides is 1. The fourth-order valence-corrected chi connectivity index (χ4v) is 3.46. The van der Waals surface area contributed by atoms with Gasteiger partial charge in [-0.25, -0.2) is 0 Å². The van der Waals surface area contributed by atoms with E-state index in [0.29, 0.717) is 0 Å². The molecule has 0 radical (unpaired) electrons. The molecule has 1 fully saturated rings. The molecule has 6 nitrogen and oxygen atoms in total. The van der Waals surface area contributed by atoms with E-state index in [1.165, 1.54) is 0 Å². The van der Waals surface area contributed by atoms with Gasteiger partial charge in [0.1, 0.15) is 5.76 Å². The number of carbonyl (C=O) groups is 1. The van der Waals surface area contributed by atoms with Crippen LogP contribution in [0.15, 0.2) is 77.4 Å². The van der Waals surface area contributed by atoms with Crippen molar-refractivity contribution in [3.63, 3.8) is 0 Å². The van der Waals surface area contributed by atoms with Crippen LogP contribution in [-0.2, 0) is 9.53 Å². The third-order valence-electron chi connectivity index (χ3n) is 4.95. The van der Waals surface area contributed by atoms with Crippen molar-refractivity contribution >= 4 is 17.3 Å². The normalized spacial score (nSPS) is 15.1. The minimum absolute atomic E-state index is 0.100. The smallest absolute Gasteiger partial charge is 0.238 e. The molecule has 4 rings (SSSR count). The van der Waals surface area contributed by atoms with Crippen LogP contribution in [0.25, 0.3) is 0 Å². The standard InChI is InChI=1S/C23H25N3O3/c27-22(25-19-8-10-20(11-9-19)26-12-15-28-16-13-26)17-24-23(21-7-4-14-29-21)18-5-2-1-3-6-18/h1-11,14,23-24H,12-13,15-17H2,(H,25,27)/t23-/m1/s1. The lowest BCUT2D eigenvalue weighted by molar-refractivity contribution is -0.115. The molecular weight excluding hydrogens is 366 g/mol. The number of nitrogens with one attached hydrogen (secondary N) is 2. The van der Waals surface area contributed by atoms with E-state index >= 15 is 0 Å². The second-order valence-electron chi connectivity index (χ2n) is 6.93. The third kappa shape index (κ3) is 5.04. The van der Waals surface area contributed by atoms with Crippen LogP contribution in [0.4, 0.5) is 11.4 Å². The molecule has 29 heavy (non-hydrogen) atoms. The molecule has 1 amide bonds. The molecule has 0 aliphatic carbocycles. The van der Waals surface area contributed by atoms with Crippen molar-refractivity contribution in [3.8, 4) is 0 Å². The van der Waals surface area contributed by atoms with Gasteiger partial charge in [-0.1, -0.05) is 30.3 Å². The summed E-state index contributed by atoms with van der Waals surface area (Å²) in [5, 5.41) is 6.24. The van der Waals surface area contributed by atoms with Crippen LogP contribution in [-0.4, -0.2) is 38.8 Å². The maximum absolute atomic E-state index is 12.5. The Bertz CT molecular complexity index is 889. The van der Waals surface area contributed by atoms with E-state index in [0.717, 1.165) is 49.0 Å². The van der Waals surface area contributed by atoms with Gasteiger partial charge in [-0.3, -0.25) is 10.1 Å². The zero-order valence-corrected chi connectivity index (χ0v) is 16.2. The summed E-state index contributed by atoms with van der Waals surface area (Å²) in [6.45, 7) is 3.46. The largest absolute Gasteiger partial charge is 0.467 e. The van der Waals surface area contributed by atoms with Crippen LogP contribution in [0.2, 0.25) is 0 Å². The first-order valence-electron chi connectivity index (χ1n) is 9.84. The summed E-state index contributed by atoms with van der Waals surface area (Å²) in [5.41, 5.74) is 2.97. The first-order chi connectivity index (χ1) is 14.3. The highest BCUT2D eigenvalue weighted by atomic mass is 16.5. The molecular formula is C23H25N3O3. The third-order valence-corrected chi connectivity index (χ3v) is 4.95. The van der Waals surface area contributed by atoms with Crippen molar-refractivity contribution in [2.45, 2.75) is 6.04 Å². The average molecular weight is 391 g/mol. The summed E-state index contributed by atoms with van der Waals surface area (Å²) >= 11 is 0. The van der Waals surface area contributed by atoms with E-state index in [1.807, 2.05) is 66.7 Å². The number of morpholine rings is 1. The Balaban J connectivity index is 1.35. The van der Waals surface area contributed by atoms with Crippen molar-refractivity contribution in [1.82, 2.24) is 5.32 Å². The number of carbonyl (C=O) groups excluding carboxylic acids is 1. The Hall–Kier alpha value is -3.09. The molecule has 2 N–H and O–H groups in total. The highest BCUT2D eigenvalue weighted by Gasteiger charge is 2.17. The van der Waals surface area contributed by atoms with Gasteiger partial charge in [0.2, 0.25) is 5.91 Å². The fourth-order valence-electron chi connectivity index (χ4n) is 3.46. The molecule has 1 aliphatic heterocycles. The Morgan fingerprint density at radius 1 is 0.966 bits per heavy atom. The lowest BCUT2D eigenvalue weighted by Crippen LogP contribution is -2.36. The number of benzene rings is 2. The number of hydrogen-bond acceptors (Lipinski definition) is 5. The van der Waals surface area contributed by atoms with Crippen LogP contribution in [0.5, 0.6) is 0 Å². The van der Waals surface area contributed by atoms with Crippen LogP contribution < -0.4 is 15.5 Å². The number of furan rings is 1. The van der Waals surface area contributed by atoms with E-state index in [-0.39, 0.29) is 18.5 Å². The number of rotatable bonds is 7. The van der Waals surface area contributed by atoms with Crippen molar-refractivity contribution in [2.75, 3.05) is 43.1 Å². The topological polar surface area (TPSA) is 66.7 Å². The second kappa shape index (κ2) is 9.41. The van der Waals surface area contributed by atoms with Crippen LogP contribution in [0.1, 0.15) is 17.4 Å².